The fourth-order valence-corrected chi connectivity index (χ4v) is 1.13. The first kappa shape index (κ1) is 6.05. The molecule has 1 unspecified atom stereocenters. The summed E-state index contributed by atoms with van der Waals surface area (Å²) in [4.78, 5) is 0. The number of nitrogens with one attached hydrogen (secondary N) is 1. The maximum Gasteiger partial charge on any atom is 0.0825 e. The van der Waals surface area contributed by atoms with Gasteiger partial charge < -0.3 is 5.32 Å². The van der Waals surface area contributed by atoms with Gasteiger partial charge in [-0.15, -0.1) is 0 Å². The van der Waals surface area contributed by atoms with Crippen LogP contribution in [0.1, 0.15) is 12.8 Å². The van der Waals surface area contributed by atoms with Crippen LogP contribution >= 0.6 is 0 Å². The van der Waals surface area contributed by atoms with Crippen LogP contribution in [0.15, 0.2) is 0 Å². The van der Waals surface area contributed by atoms with E-state index in [9.17, 15) is 5.11 Å². The van der Waals surface area contributed by atoms with Gasteiger partial charge in [0.15, 0.2) is 0 Å². The van der Waals surface area contributed by atoms with Gasteiger partial charge in [-0.1, -0.05) is 0 Å². The molecule has 0 amide bonds. The Balaban J connectivity index is 2.06. The number of hydrogen-bond acceptors (Lipinski definition) is 1. The smallest absolute Gasteiger partial charge is 0.0825 e. The molecule has 1 radical (unpaired) electrons. The van der Waals surface area contributed by atoms with Crippen LogP contribution in [0.2, 0.25) is 0 Å². The van der Waals surface area contributed by atoms with Crippen LogP contribution in [0, 0.1) is 5.92 Å². The highest BCUT2D eigenvalue weighted by atomic mass is 16.3. The normalized spacial score (nSPS) is 28.9. The van der Waals surface area contributed by atoms with E-state index in [1.165, 1.54) is 6.42 Å². The standard InChI is InChI=1S/C6H12NO/c8-4-2-6-1-3-7-5-6/h6-7H,1-5H2. The van der Waals surface area contributed by atoms with Gasteiger partial charge >= 0.3 is 0 Å². The van der Waals surface area contributed by atoms with Gasteiger partial charge in [0.25, 0.3) is 0 Å². The summed E-state index contributed by atoms with van der Waals surface area (Å²) < 4.78 is 0. The highest BCUT2D eigenvalue weighted by Crippen LogP contribution is 2.10. The average Bonchev–Trinajstić information content (AvgIpc) is 2.19. The predicted octanol–water partition coefficient (Wildman–Crippen LogP) is 0.417. The molecular formula is C6H12NO. The van der Waals surface area contributed by atoms with Crippen molar-refractivity contribution in [3.05, 3.63) is 0 Å². The minimum absolute atomic E-state index is 0.104. The minimum atomic E-state index is 0.104. The molecule has 2 heteroatoms. The third kappa shape index (κ3) is 1.46. The van der Waals surface area contributed by atoms with E-state index in [-0.39, 0.29) is 6.61 Å². The molecule has 0 aromatic heterocycles. The lowest BCUT2D eigenvalue weighted by Crippen LogP contribution is -2.09. The molecule has 47 valence electrons. The van der Waals surface area contributed by atoms with Crippen LogP contribution in [-0.2, 0) is 5.11 Å². The molecule has 1 fully saturated rings. The van der Waals surface area contributed by atoms with Gasteiger partial charge in [0.2, 0.25) is 0 Å². The first-order valence-electron chi connectivity index (χ1n) is 3.22. The fourth-order valence-electron chi connectivity index (χ4n) is 1.13. The van der Waals surface area contributed by atoms with Gasteiger partial charge in [0, 0.05) is 0 Å². The van der Waals surface area contributed by atoms with Crippen molar-refractivity contribution >= 4 is 0 Å². The van der Waals surface area contributed by atoms with E-state index in [0.29, 0.717) is 5.92 Å². The molecule has 1 rings (SSSR count). The van der Waals surface area contributed by atoms with Crippen molar-refractivity contribution in [2.24, 2.45) is 5.92 Å². The Morgan fingerprint density at radius 2 is 2.50 bits per heavy atom. The van der Waals surface area contributed by atoms with E-state index in [4.69, 9.17) is 0 Å². The second-order valence-electron chi connectivity index (χ2n) is 2.35. The Morgan fingerprint density at radius 3 is 3.00 bits per heavy atom. The van der Waals surface area contributed by atoms with E-state index < -0.39 is 0 Å². The van der Waals surface area contributed by atoms with Crippen molar-refractivity contribution in [2.45, 2.75) is 12.8 Å². The van der Waals surface area contributed by atoms with Crippen molar-refractivity contribution in [1.29, 1.82) is 0 Å². The summed E-state index contributed by atoms with van der Waals surface area (Å²) in [6.07, 6.45) is 2.08. The molecule has 2 nitrogen and oxygen atoms in total. The summed E-state index contributed by atoms with van der Waals surface area (Å²) in [5.74, 6) is 0.687. The first-order chi connectivity index (χ1) is 3.93. The van der Waals surface area contributed by atoms with Gasteiger partial charge in [-0.05, 0) is 31.8 Å². The van der Waals surface area contributed by atoms with Crippen molar-refractivity contribution < 1.29 is 5.11 Å². The van der Waals surface area contributed by atoms with Gasteiger partial charge in [-0.2, -0.15) is 0 Å². The molecule has 1 aliphatic heterocycles. The Labute approximate surface area is 49.9 Å². The number of rotatable bonds is 2. The molecule has 0 aromatic carbocycles. The molecule has 1 heterocycles. The zero-order valence-electron chi connectivity index (χ0n) is 5.02. The fraction of sp³-hybridized carbons (Fsp3) is 1.00. The molecule has 1 saturated heterocycles. The van der Waals surface area contributed by atoms with Crippen LogP contribution < -0.4 is 5.32 Å². The van der Waals surface area contributed by atoms with Crippen LogP contribution in [-0.4, -0.2) is 19.7 Å². The van der Waals surface area contributed by atoms with Crippen LogP contribution in [0.4, 0.5) is 0 Å². The lowest BCUT2D eigenvalue weighted by atomic mass is 10.1. The van der Waals surface area contributed by atoms with Gasteiger partial charge in [-0.25, -0.2) is 5.11 Å². The van der Waals surface area contributed by atoms with Crippen molar-refractivity contribution in [1.82, 2.24) is 5.32 Å². The maximum absolute atomic E-state index is 10.1. The summed E-state index contributed by atoms with van der Waals surface area (Å²) in [6, 6.07) is 0. The Bertz CT molecular complexity index is 59.5. The molecule has 1 atom stereocenters. The maximum atomic E-state index is 10.1. The summed E-state index contributed by atoms with van der Waals surface area (Å²) >= 11 is 0. The zero-order valence-corrected chi connectivity index (χ0v) is 5.02. The summed E-state index contributed by atoms with van der Waals surface area (Å²) in [5.41, 5.74) is 0. The Morgan fingerprint density at radius 1 is 1.62 bits per heavy atom. The van der Waals surface area contributed by atoms with E-state index in [0.717, 1.165) is 19.5 Å². The highest BCUT2D eigenvalue weighted by Gasteiger charge is 2.12. The second-order valence-corrected chi connectivity index (χ2v) is 2.35. The zero-order chi connectivity index (χ0) is 5.82. The van der Waals surface area contributed by atoms with Gasteiger partial charge in [0.05, 0.1) is 6.61 Å². The topological polar surface area (TPSA) is 31.9 Å². The Hall–Kier alpha value is -0.0800. The van der Waals surface area contributed by atoms with Crippen molar-refractivity contribution in [2.75, 3.05) is 19.7 Å². The van der Waals surface area contributed by atoms with Gasteiger partial charge in [0.1, 0.15) is 0 Å². The molecule has 0 saturated carbocycles. The van der Waals surface area contributed by atoms with E-state index in [1.54, 1.807) is 0 Å². The average molecular weight is 114 g/mol. The van der Waals surface area contributed by atoms with Crippen molar-refractivity contribution in [3.63, 3.8) is 0 Å². The molecule has 1 N–H and O–H groups in total. The van der Waals surface area contributed by atoms with Crippen LogP contribution in [0.5, 0.6) is 0 Å². The first-order valence-corrected chi connectivity index (χ1v) is 3.22. The van der Waals surface area contributed by atoms with Gasteiger partial charge in [-0.3, -0.25) is 0 Å². The molecule has 1 aliphatic rings. The van der Waals surface area contributed by atoms with Crippen LogP contribution in [0.3, 0.4) is 0 Å². The van der Waals surface area contributed by atoms with E-state index >= 15 is 0 Å². The highest BCUT2D eigenvalue weighted by molar-refractivity contribution is 4.69. The molecule has 0 aromatic rings. The minimum Gasteiger partial charge on any atom is -0.316 e. The largest absolute Gasteiger partial charge is 0.316 e. The molecular weight excluding hydrogens is 102 g/mol. The molecule has 8 heavy (non-hydrogen) atoms. The quantitative estimate of drug-likeness (QED) is 0.554. The van der Waals surface area contributed by atoms with E-state index in [1.807, 2.05) is 0 Å². The molecule has 0 aliphatic carbocycles. The monoisotopic (exact) mass is 114 g/mol. The lowest BCUT2D eigenvalue weighted by Gasteiger charge is -2.01. The second kappa shape index (κ2) is 3.05. The third-order valence-corrected chi connectivity index (χ3v) is 1.69. The Kier molecular flexibility index (Phi) is 2.30. The van der Waals surface area contributed by atoms with Crippen LogP contribution in [0.25, 0.3) is 0 Å². The lowest BCUT2D eigenvalue weighted by molar-refractivity contribution is 0.173. The summed E-state index contributed by atoms with van der Waals surface area (Å²) in [7, 11) is 0. The molecule has 0 bridgehead atoms. The summed E-state index contributed by atoms with van der Waals surface area (Å²) in [5, 5.41) is 13.3. The molecule has 0 spiro atoms. The third-order valence-electron chi connectivity index (χ3n) is 1.69. The van der Waals surface area contributed by atoms with Crippen molar-refractivity contribution in [3.8, 4) is 0 Å². The van der Waals surface area contributed by atoms with E-state index in [2.05, 4.69) is 5.32 Å². The number of hydrogen-bond donors (Lipinski definition) is 1. The SMILES string of the molecule is [O]CCC1CCNC1. The summed E-state index contributed by atoms with van der Waals surface area (Å²) in [6.45, 7) is 2.29. The predicted molar refractivity (Wildman–Crippen MR) is 31.1 cm³/mol.